The van der Waals surface area contributed by atoms with Crippen molar-refractivity contribution in [3.8, 4) is 0 Å². The van der Waals surface area contributed by atoms with Gasteiger partial charge in [-0.1, -0.05) is 15.9 Å². The summed E-state index contributed by atoms with van der Waals surface area (Å²) in [6, 6.07) is 3.54. The molecule has 2 amide bonds. The van der Waals surface area contributed by atoms with Crippen molar-refractivity contribution in [1.29, 1.82) is 0 Å². The van der Waals surface area contributed by atoms with Crippen molar-refractivity contribution < 1.29 is 13.2 Å². The number of rotatable bonds is 2. The van der Waals surface area contributed by atoms with E-state index in [4.69, 9.17) is 5.73 Å². The van der Waals surface area contributed by atoms with Gasteiger partial charge in [-0.2, -0.15) is 0 Å². The van der Waals surface area contributed by atoms with Gasteiger partial charge in [-0.25, -0.2) is 17.9 Å². The van der Waals surface area contributed by atoms with Crippen LogP contribution in [0.25, 0.3) is 0 Å². The minimum atomic E-state index is -3.94. The molecule has 8 heteroatoms. The average Bonchev–Trinajstić information content (AvgIpc) is 2.20. The summed E-state index contributed by atoms with van der Waals surface area (Å²) in [5.41, 5.74) is 5.59. The van der Waals surface area contributed by atoms with Gasteiger partial charge in [0.05, 0.1) is 5.69 Å². The molecule has 0 unspecified atom stereocenters. The molecule has 0 aliphatic carbocycles. The third-order valence-electron chi connectivity index (χ3n) is 1.72. The molecule has 0 heterocycles. The summed E-state index contributed by atoms with van der Waals surface area (Å²) < 4.78 is 25.8. The molecule has 1 aromatic carbocycles. The molecule has 0 saturated heterocycles. The van der Waals surface area contributed by atoms with Crippen LogP contribution in [-0.4, -0.2) is 21.5 Å². The summed E-state index contributed by atoms with van der Waals surface area (Å²) in [6.07, 6.45) is 0. The van der Waals surface area contributed by atoms with Crippen molar-refractivity contribution in [2.45, 2.75) is 4.90 Å². The fraction of sp³-hybridized carbons (Fsp3) is 0.125. The first kappa shape index (κ1) is 12.8. The fourth-order valence-corrected chi connectivity index (χ4v) is 2.60. The van der Waals surface area contributed by atoms with E-state index < -0.39 is 16.1 Å². The minimum absolute atomic E-state index is 0.0691. The summed E-state index contributed by atoms with van der Waals surface area (Å²) in [5, 5.41) is 2.14. The van der Waals surface area contributed by atoms with Crippen LogP contribution in [0.4, 0.5) is 10.5 Å². The number of benzene rings is 1. The molecule has 0 radical (unpaired) electrons. The van der Waals surface area contributed by atoms with Gasteiger partial charge >= 0.3 is 6.03 Å². The van der Waals surface area contributed by atoms with Gasteiger partial charge in [0.2, 0.25) is 0 Å². The second kappa shape index (κ2) is 4.71. The number of carbonyl (C=O) groups is 1. The van der Waals surface area contributed by atoms with Gasteiger partial charge in [0.15, 0.2) is 0 Å². The lowest BCUT2D eigenvalue weighted by molar-refractivity contribution is 0.248. The van der Waals surface area contributed by atoms with Gasteiger partial charge in [0, 0.05) is 11.5 Å². The molecular formula is C8H10BrN3O3S. The van der Waals surface area contributed by atoms with E-state index in [9.17, 15) is 13.2 Å². The quantitative estimate of drug-likeness (QED) is 0.698. The maximum Gasteiger partial charge on any atom is 0.328 e. The summed E-state index contributed by atoms with van der Waals surface area (Å²) in [5.74, 6) is 0. The van der Waals surface area contributed by atoms with E-state index in [0.717, 1.165) is 0 Å². The van der Waals surface area contributed by atoms with Crippen LogP contribution in [0.5, 0.6) is 0 Å². The maximum absolute atomic E-state index is 11.7. The van der Waals surface area contributed by atoms with Crippen LogP contribution >= 0.6 is 15.9 Å². The van der Waals surface area contributed by atoms with Gasteiger partial charge in [0.1, 0.15) is 4.90 Å². The fourth-order valence-electron chi connectivity index (χ4n) is 0.969. The van der Waals surface area contributed by atoms with Crippen molar-refractivity contribution in [1.82, 2.24) is 10.0 Å². The molecule has 0 atom stereocenters. The number of halogens is 1. The van der Waals surface area contributed by atoms with Crippen LogP contribution in [0.2, 0.25) is 0 Å². The number of nitrogens with two attached hydrogens (primary N) is 1. The van der Waals surface area contributed by atoms with Crippen molar-refractivity contribution in [3.05, 3.63) is 22.7 Å². The molecule has 0 spiro atoms. The summed E-state index contributed by atoms with van der Waals surface area (Å²) >= 11 is 3.12. The normalized spacial score (nSPS) is 10.9. The van der Waals surface area contributed by atoms with Crippen LogP contribution in [0.15, 0.2) is 27.6 Å². The number of nitrogens with one attached hydrogen (secondary N) is 2. The second-order valence-corrected chi connectivity index (χ2v) is 5.43. The predicted octanol–water partition coefficient (Wildman–Crippen LogP) is 0.649. The van der Waals surface area contributed by atoms with Gasteiger partial charge in [-0.3, -0.25) is 0 Å². The maximum atomic E-state index is 11.7. The highest BCUT2D eigenvalue weighted by molar-refractivity contribution is 9.10. The Morgan fingerprint density at radius 1 is 1.44 bits per heavy atom. The number of urea groups is 1. The number of nitrogen functional groups attached to an aromatic ring is 1. The van der Waals surface area contributed by atoms with Crippen LogP contribution in [0.1, 0.15) is 0 Å². The van der Waals surface area contributed by atoms with E-state index in [1.54, 1.807) is 6.07 Å². The molecule has 0 bridgehead atoms. The third-order valence-corrected chi connectivity index (χ3v) is 3.60. The Morgan fingerprint density at radius 2 is 2.06 bits per heavy atom. The third kappa shape index (κ3) is 2.86. The average molecular weight is 308 g/mol. The van der Waals surface area contributed by atoms with Gasteiger partial charge in [-0.05, 0) is 18.2 Å². The zero-order chi connectivity index (χ0) is 12.3. The summed E-state index contributed by atoms with van der Waals surface area (Å²) in [4.78, 5) is 10.8. The lowest BCUT2D eigenvalue weighted by Crippen LogP contribution is -2.37. The monoisotopic (exact) mass is 307 g/mol. The van der Waals surface area contributed by atoms with E-state index in [2.05, 4.69) is 21.2 Å². The van der Waals surface area contributed by atoms with Gasteiger partial charge in [0.25, 0.3) is 10.0 Å². The largest absolute Gasteiger partial charge is 0.398 e. The second-order valence-electron chi connectivity index (χ2n) is 2.87. The summed E-state index contributed by atoms with van der Waals surface area (Å²) in [6.45, 7) is 0. The Hall–Kier alpha value is -1.28. The smallest absolute Gasteiger partial charge is 0.328 e. The number of carbonyl (C=O) groups excluding carboxylic acids is 1. The minimum Gasteiger partial charge on any atom is -0.398 e. The predicted molar refractivity (Wildman–Crippen MR) is 63.3 cm³/mol. The molecule has 1 rings (SSSR count). The van der Waals surface area contributed by atoms with Gasteiger partial charge in [-0.15, -0.1) is 0 Å². The molecule has 6 nitrogen and oxygen atoms in total. The Kier molecular flexibility index (Phi) is 3.76. The number of hydrogen-bond acceptors (Lipinski definition) is 4. The molecular weight excluding hydrogens is 298 g/mol. The number of sulfonamides is 1. The Bertz CT molecular complexity index is 515. The molecule has 16 heavy (non-hydrogen) atoms. The topological polar surface area (TPSA) is 101 Å². The van der Waals surface area contributed by atoms with Crippen molar-refractivity contribution in [2.75, 3.05) is 12.8 Å². The van der Waals surface area contributed by atoms with Crippen LogP contribution in [0, 0.1) is 0 Å². The van der Waals surface area contributed by atoms with Crippen molar-refractivity contribution in [2.24, 2.45) is 0 Å². The highest BCUT2D eigenvalue weighted by atomic mass is 79.9. The first-order valence-electron chi connectivity index (χ1n) is 4.16. The standard InChI is InChI=1S/C8H10BrN3O3S/c1-11-8(13)12-16(14,15)7-4-5(9)2-3-6(7)10/h2-4H,10H2,1H3,(H2,11,12,13). The first-order valence-corrected chi connectivity index (χ1v) is 6.44. The number of amides is 2. The number of hydrogen-bond donors (Lipinski definition) is 3. The molecule has 0 saturated carbocycles. The van der Waals surface area contributed by atoms with Crippen molar-refractivity contribution in [3.63, 3.8) is 0 Å². The lowest BCUT2D eigenvalue weighted by Gasteiger charge is -2.08. The molecule has 88 valence electrons. The van der Waals surface area contributed by atoms with E-state index >= 15 is 0 Å². The molecule has 0 aliphatic heterocycles. The molecule has 0 fully saturated rings. The molecule has 0 aromatic heterocycles. The lowest BCUT2D eigenvalue weighted by atomic mass is 10.3. The highest BCUT2D eigenvalue weighted by Crippen LogP contribution is 2.22. The highest BCUT2D eigenvalue weighted by Gasteiger charge is 2.19. The molecule has 4 N–H and O–H groups in total. The molecule has 1 aromatic rings. The van der Waals surface area contributed by atoms with Crippen molar-refractivity contribution >= 4 is 37.7 Å². The Morgan fingerprint density at radius 3 is 2.62 bits per heavy atom. The summed E-state index contributed by atoms with van der Waals surface area (Å²) in [7, 11) is -2.63. The van der Waals surface area contributed by atoms with E-state index in [1.165, 1.54) is 19.2 Å². The zero-order valence-corrected chi connectivity index (χ0v) is 10.7. The molecule has 0 aliphatic rings. The van der Waals surface area contributed by atoms with Crippen LogP contribution in [0.3, 0.4) is 0 Å². The van der Waals surface area contributed by atoms with Crippen LogP contribution in [-0.2, 0) is 10.0 Å². The Balaban J connectivity index is 3.17. The van der Waals surface area contributed by atoms with E-state index in [-0.39, 0.29) is 10.6 Å². The first-order chi connectivity index (χ1) is 7.36. The van der Waals surface area contributed by atoms with E-state index in [1.807, 2.05) is 4.72 Å². The SMILES string of the molecule is CNC(=O)NS(=O)(=O)c1cc(Br)ccc1N. The Labute approximate surface area is 101 Å². The van der Waals surface area contributed by atoms with E-state index in [0.29, 0.717) is 4.47 Å². The van der Waals surface area contributed by atoms with Crippen LogP contribution < -0.4 is 15.8 Å². The van der Waals surface area contributed by atoms with Gasteiger partial charge < -0.3 is 11.1 Å². The zero-order valence-electron chi connectivity index (χ0n) is 8.32. The number of anilines is 1.